The van der Waals surface area contributed by atoms with E-state index >= 15 is 0 Å². The molecule has 1 unspecified atom stereocenters. The second-order valence-corrected chi connectivity index (χ2v) is 4.43. The lowest BCUT2D eigenvalue weighted by Crippen LogP contribution is -2.16. The minimum atomic E-state index is -0.133. The molecule has 1 atom stereocenters. The van der Waals surface area contributed by atoms with Crippen LogP contribution in [0.5, 0.6) is 0 Å². The molecule has 0 fully saturated rings. The Morgan fingerprint density at radius 3 is 2.79 bits per heavy atom. The first-order valence-electron chi connectivity index (χ1n) is 6.19. The zero-order valence-corrected chi connectivity index (χ0v) is 10.8. The highest BCUT2D eigenvalue weighted by atomic mass is 16.5. The van der Waals surface area contributed by atoms with Crippen LogP contribution in [-0.4, -0.2) is 11.1 Å². The van der Waals surface area contributed by atoms with Crippen molar-refractivity contribution in [1.29, 1.82) is 0 Å². The van der Waals surface area contributed by atoms with Gasteiger partial charge in [-0.15, -0.1) is 0 Å². The second kappa shape index (κ2) is 6.15. The van der Waals surface area contributed by atoms with E-state index in [0.717, 1.165) is 5.56 Å². The lowest BCUT2D eigenvalue weighted by Gasteiger charge is -2.11. The summed E-state index contributed by atoms with van der Waals surface area (Å²) in [6, 6.07) is 11.3. The summed E-state index contributed by atoms with van der Waals surface area (Å²) >= 11 is 0. The number of aromatic nitrogens is 1. The van der Waals surface area contributed by atoms with Crippen molar-refractivity contribution < 1.29 is 9.32 Å². The lowest BCUT2D eigenvalue weighted by molar-refractivity contribution is -0.116. The van der Waals surface area contributed by atoms with E-state index in [4.69, 9.17) is 10.3 Å². The van der Waals surface area contributed by atoms with Gasteiger partial charge in [0, 0.05) is 18.5 Å². The normalized spacial score (nSPS) is 12.1. The molecule has 5 heteroatoms. The Balaban J connectivity index is 1.80. The van der Waals surface area contributed by atoms with Gasteiger partial charge in [-0.2, -0.15) is 0 Å². The van der Waals surface area contributed by atoms with Crippen LogP contribution in [0.3, 0.4) is 0 Å². The Morgan fingerprint density at radius 2 is 2.16 bits per heavy atom. The number of benzene rings is 1. The van der Waals surface area contributed by atoms with Crippen molar-refractivity contribution in [3.05, 3.63) is 47.7 Å². The van der Waals surface area contributed by atoms with Crippen LogP contribution < -0.4 is 11.1 Å². The summed E-state index contributed by atoms with van der Waals surface area (Å²) in [6.07, 6.45) is 0.939. The van der Waals surface area contributed by atoms with E-state index in [9.17, 15) is 4.79 Å². The van der Waals surface area contributed by atoms with Gasteiger partial charge in [0.2, 0.25) is 5.91 Å². The maximum atomic E-state index is 11.7. The van der Waals surface area contributed by atoms with Crippen LogP contribution in [0.25, 0.3) is 0 Å². The first-order chi connectivity index (χ1) is 9.15. The summed E-state index contributed by atoms with van der Waals surface area (Å²) in [4.78, 5) is 11.7. The molecule has 1 aromatic carbocycles. The molecule has 0 saturated heterocycles. The molecule has 0 spiro atoms. The maximum absolute atomic E-state index is 11.7. The smallest absolute Gasteiger partial charge is 0.225 e. The van der Waals surface area contributed by atoms with Gasteiger partial charge in [0.1, 0.15) is 5.76 Å². The van der Waals surface area contributed by atoms with Crippen LogP contribution in [0.2, 0.25) is 0 Å². The predicted octanol–water partition coefficient (Wildman–Crippen LogP) is 2.40. The Hall–Kier alpha value is -2.14. The monoisotopic (exact) mass is 259 g/mol. The Morgan fingerprint density at radius 1 is 1.42 bits per heavy atom. The van der Waals surface area contributed by atoms with Crippen LogP contribution in [0.4, 0.5) is 5.82 Å². The Kier molecular flexibility index (Phi) is 4.30. The molecule has 2 rings (SSSR count). The van der Waals surface area contributed by atoms with Gasteiger partial charge in [-0.25, -0.2) is 0 Å². The van der Waals surface area contributed by atoms with Crippen molar-refractivity contribution in [3.8, 4) is 0 Å². The van der Waals surface area contributed by atoms with E-state index in [1.165, 1.54) is 0 Å². The molecule has 0 aliphatic carbocycles. The number of rotatable bonds is 5. The predicted molar refractivity (Wildman–Crippen MR) is 72.5 cm³/mol. The molecular formula is C14H17N3O2. The molecular weight excluding hydrogens is 242 g/mol. The lowest BCUT2D eigenvalue weighted by atomic mass is 10.0. The number of amides is 1. The number of nitrogens with one attached hydrogen (secondary N) is 1. The van der Waals surface area contributed by atoms with Gasteiger partial charge in [-0.3, -0.25) is 4.79 Å². The Labute approximate surface area is 111 Å². The highest BCUT2D eigenvalue weighted by Crippen LogP contribution is 2.16. The fraction of sp³-hybridized carbons (Fsp3) is 0.286. The van der Waals surface area contributed by atoms with Crippen LogP contribution in [0.1, 0.15) is 30.2 Å². The zero-order chi connectivity index (χ0) is 13.7. The number of anilines is 1. The summed E-state index contributed by atoms with van der Waals surface area (Å²) in [5.74, 6) is 0.992. The molecule has 0 bridgehead atoms. The highest BCUT2D eigenvalue weighted by molar-refractivity contribution is 5.89. The molecule has 1 aromatic heterocycles. The van der Waals surface area contributed by atoms with E-state index in [1.807, 2.05) is 30.3 Å². The minimum absolute atomic E-state index is 0.111. The number of hydrogen-bond donors (Lipinski definition) is 2. The third-order valence-electron chi connectivity index (χ3n) is 2.81. The van der Waals surface area contributed by atoms with Crippen molar-refractivity contribution in [2.45, 2.75) is 25.8 Å². The molecule has 3 N–H and O–H groups in total. The number of hydrogen-bond acceptors (Lipinski definition) is 4. The van der Waals surface area contributed by atoms with E-state index < -0.39 is 0 Å². The second-order valence-electron chi connectivity index (χ2n) is 4.43. The van der Waals surface area contributed by atoms with Gasteiger partial charge in [0.15, 0.2) is 5.82 Å². The molecule has 0 aliphatic rings. The summed E-state index contributed by atoms with van der Waals surface area (Å²) in [7, 11) is 0. The van der Waals surface area contributed by atoms with Crippen molar-refractivity contribution in [3.63, 3.8) is 0 Å². The van der Waals surface area contributed by atoms with Crippen LogP contribution in [-0.2, 0) is 4.79 Å². The number of carbonyl (C=O) groups excluding carboxylic acids is 1. The van der Waals surface area contributed by atoms with Crippen molar-refractivity contribution in [1.82, 2.24) is 5.16 Å². The number of aryl methyl sites for hydroxylation is 1. The molecule has 100 valence electrons. The summed E-state index contributed by atoms with van der Waals surface area (Å²) in [5.41, 5.74) is 7.06. The summed E-state index contributed by atoms with van der Waals surface area (Å²) < 4.78 is 4.87. The molecule has 2 aromatic rings. The fourth-order valence-electron chi connectivity index (χ4n) is 1.78. The summed E-state index contributed by atoms with van der Waals surface area (Å²) in [6.45, 7) is 1.77. The van der Waals surface area contributed by atoms with E-state index in [0.29, 0.717) is 24.4 Å². The van der Waals surface area contributed by atoms with Crippen LogP contribution in [0.15, 0.2) is 40.9 Å². The van der Waals surface area contributed by atoms with E-state index in [1.54, 1.807) is 13.0 Å². The minimum Gasteiger partial charge on any atom is -0.360 e. The quantitative estimate of drug-likeness (QED) is 0.863. The average Bonchev–Trinajstić information content (AvgIpc) is 2.82. The van der Waals surface area contributed by atoms with Crippen molar-refractivity contribution in [2.75, 3.05) is 5.32 Å². The third-order valence-corrected chi connectivity index (χ3v) is 2.81. The highest BCUT2D eigenvalue weighted by Gasteiger charge is 2.10. The molecule has 19 heavy (non-hydrogen) atoms. The average molecular weight is 259 g/mol. The van der Waals surface area contributed by atoms with Crippen molar-refractivity contribution in [2.24, 2.45) is 5.73 Å². The number of nitrogens with zero attached hydrogens (tertiary/aromatic N) is 1. The van der Waals surface area contributed by atoms with Gasteiger partial charge >= 0.3 is 0 Å². The molecule has 0 aliphatic heterocycles. The van der Waals surface area contributed by atoms with Crippen LogP contribution >= 0.6 is 0 Å². The molecule has 1 amide bonds. The molecule has 1 heterocycles. The zero-order valence-electron chi connectivity index (χ0n) is 10.8. The third kappa shape index (κ3) is 3.93. The van der Waals surface area contributed by atoms with Crippen molar-refractivity contribution >= 4 is 11.7 Å². The first-order valence-corrected chi connectivity index (χ1v) is 6.19. The van der Waals surface area contributed by atoms with Gasteiger partial charge in [-0.05, 0) is 18.9 Å². The maximum Gasteiger partial charge on any atom is 0.225 e. The fourth-order valence-corrected chi connectivity index (χ4v) is 1.78. The van der Waals surface area contributed by atoms with Crippen LogP contribution in [0, 0.1) is 6.92 Å². The topological polar surface area (TPSA) is 81.2 Å². The van der Waals surface area contributed by atoms with Gasteiger partial charge < -0.3 is 15.6 Å². The molecule has 0 saturated carbocycles. The number of nitrogens with two attached hydrogens (primary N) is 1. The van der Waals surface area contributed by atoms with E-state index in [2.05, 4.69) is 10.5 Å². The van der Waals surface area contributed by atoms with Gasteiger partial charge in [0.25, 0.3) is 0 Å². The standard InChI is InChI=1S/C14H17N3O2/c1-10-9-13(17-19-10)16-14(18)8-7-12(15)11-5-3-2-4-6-11/h2-6,9,12H,7-8,15H2,1H3,(H,16,17,18). The summed E-state index contributed by atoms with van der Waals surface area (Å²) in [5, 5.41) is 6.37. The number of carbonyl (C=O) groups is 1. The molecule has 5 nitrogen and oxygen atoms in total. The van der Waals surface area contributed by atoms with E-state index in [-0.39, 0.29) is 11.9 Å². The van der Waals surface area contributed by atoms with Gasteiger partial charge in [-0.1, -0.05) is 35.5 Å². The van der Waals surface area contributed by atoms with Gasteiger partial charge in [0.05, 0.1) is 0 Å². The Bertz CT molecular complexity index is 537. The first kappa shape index (κ1) is 13.3. The molecule has 0 radical (unpaired) electrons. The SMILES string of the molecule is Cc1cc(NC(=O)CCC(N)c2ccccc2)no1. The largest absolute Gasteiger partial charge is 0.360 e.